The van der Waals surface area contributed by atoms with Crippen LogP contribution in [-0.4, -0.2) is 40.4 Å². The van der Waals surface area contributed by atoms with Gasteiger partial charge in [-0.05, 0) is 34.8 Å². The van der Waals surface area contributed by atoms with E-state index in [9.17, 15) is 14.7 Å². The molecule has 0 fully saturated rings. The molecule has 0 saturated carbocycles. The molecule has 5 nitrogen and oxygen atoms in total. The molecule has 0 aliphatic carbocycles. The maximum Gasteiger partial charge on any atom is 0.308 e. The van der Waals surface area contributed by atoms with Crippen LogP contribution in [-0.2, 0) is 15.1 Å². The van der Waals surface area contributed by atoms with E-state index < -0.39 is 17.4 Å². The molecule has 1 unspecified atom stereocenters. The molecule has 3 aromatic carbocycles. The highest BCUT2D eigenvalue weighted by Gasteiger charge is 2.44. The predicted molar refractivity (Wildman–Crippen MR) is 151 cm³/mol. The van der Waals surface area contributed by atoms with Gasteiger partial charge in [-0.3, -0.25) is 9.59 Å². The quantitative estimate of drug-likeness (QED) is 0.358. The van der Waals surface area contributed by atoms with Crippen LogP contribution in [0, 0.1) is 11.8 Å². The van der Waals surface area contributed by atoms with E-state index in [0.29, 0.717) is 5.70 Å². The molecule has 38 heavy (non-hydrogen) atoms. The summed E-state index contributed by atoms with van der Waals surface area (Å²) in [6.07, 6.45) is 9.42. The van der Waals surface area contributed by atoms with Crippen LogP contribution in [0.25, 0.3) is 0 Å². The number of rotatable bonds is 9. The maximum atomic E-state index is 14.1. The summed E-state index contributed by atoms with van der Waals surface area (Å²) in [5.41, 5.74) is 2.56. The monoisotopic (exact) mass is 506 g/mol. The van der Waals surface area contributed by atoms with Crippen LogP contribution in [0.5, 0.6) is 0 Å². The lowest BCUT2D eigenvalue weighted by molar-refractivity contribution is -0.144. The topological polar surface area (TPSA) is 60.9 Å². The van der Waals surface area contributed by atoms with Crippen LogP contribution in [0.3, 0.4) is 0 Å². The largest absolute Gasteiger partial charge is 0.481 e. The highest BCUT2D eigenvalue weighted by Crippen LogP contribution is 2.45. The zero-order valence-corrected chi connectivity index (χ0v) is 22.1. The highest BCUT2D eigenvalue weighted by molar-refractivity contribution is 5.94. The molecule has 1 heterocycles. The van der Waals surface area contributed by atoms with Gasteiger partial charge in [-0.1, -0.05) is 117 Å². The Balaban J connectivity index is 1.93. The number of carbonyl (C=O) groups is 2. The van der Waals surface area contributed by atoms with Crippen LogP contribution in [0.2, 0.25) is 0 Å². The zero-order chi connectivity index (χ0) is 27.1. The number of hydrogen-bond acceptors (Lipinski definition) is 3. The molecular weight excluding hydrogens is 472 g/mol. The summed E-state index contributed by atoms with van der Waals surface area (Å²) < 4.78 is 0. The minimum atomic E-state index is -0.904. The first kappa shape index (κ1) is 26.7. The van der Waals surface area contributed by atoms with Gasteiger partial charge >= 0.3 is 5.97 Å². The summed E-state index contributed by atoms with van der Waals surface area (Å²) in [7, 11) is 1.67. The molecular formula is C33H34N2O3. The van der Waals surface area contributed by atoms with Gasteiger partial charge in [0.25, 0.3) is 5.91 Å². The van der Waals surface area contributed by atoms with Crippen molar-refractivity contribution in [1.82, 2.24) is 9.80 Å². The van der Waals surface area contributed by atoms with E-state index in [0.717, 1.165) is 16.7 Å². The Bertz CT molecular complexity index is 1230. The lowest BCUT2D eigenvalue weighted by atomic mass is 9.75. The van der Waals surface area contributed by atoms with Crippen LogP contribution in [0.1, 0.15) is 30.5 Å². The van der Waals surface area contributed by atoms with Crippen LogP contribution < -0.4 is 0 Å². The molecule has 0 spiro atoms. The van der Waals surface area contributed by atoms with Gasteiger partial charge in [0.2, 0.25) is 0 Å². The number of hydrogen-bond donors (Lipinski definition) is 1. The number of amides is 1. The lowest BCUT2D eigenvalue weighted by Crippen LogP contribution is -2.49. The van der Waals surface area contributed by atoms with E-state index >= 15 is 0 Å². The Morgan fingerprint density at radius 1 is 0.789 bits per heavy atom. The van der Waals surface area contributed by atoms with Crippen molar-refractivity contribution in [1.29, 1.82) is 0 Å². The van der Waals surface area contributed by atoms with E-state index in [1.807, 2.05) is 104 Å². The second-order valence-corrected chi connectivity index (χ2v) is 9.83. The third-order valence-electron chi connectivity index (χ3n) is 7.07. The summed E-state index contributed by atoms with van der Waals surface area (Å²) in [5.74, 6) is -1.94. The number of allylic oxidation sites excluding steroid dienone is 4. The smallest absolute Gasteiger partial charge is 0.308 e. The highest BCUT2D eigenvalue weighted by atomic mass is 16.4. The van der Waals surface area contributed by atoms with Crippen molar-refractivity contribution in [3.05, 3.63) is 144 Å². The van der Waals surface area contributed by atoms with Crippen molar-refractivity contribution in [2.45, 2.75) is 19.4 Å². The minimum absolute atomic E-state index is 0.111. The number of benzene rings is 3. The van der Waals surface area contributed by atoms with Gasteiger partial charge in [0.1, 0.15) is 11.2 Å². The molecule has 3 aromatic rings. The van der Waals surface area contributed by atoms with Gasteiger partial charge in [-0.2, -0.15) is 0 Å². The number of aliphatic carboxylic acids is 1. The third kappa shape index (κ3) is 5.18. The number of carboxylic acids is 1. The number of likely N-dealkylation sites (N-methyl/N-ethyl adjacent to an activating group) is 1. The molecule has 1 aliphatic heterocycles. The molecule has 4 rings (SSSR count). The van der Waals surface area contributed by atoms with Gasteiger partial charge in [-0.15, -0.1) is 0 Å². The Kier molecular flexibility index (Phi) is 8.27. The van der Waals surface area contributed by atoms with Crippen molar-refractivity contribution in [3.63, 3.8) is 0 Å². The molecule has 1 atom stereocenters. The first-order chi connectivity index (χ1) is 18.4. The van der Waals surface area contributed by atoms with Gasteiger partial charge < -0.3 is 14.9 Å². The van der Waals surface area contributed by atoms with E-state index in [1.165, 1.54) is 4.90 Å². The summed E-state index contributed by atoms with van der Waals surface area (Å²) in [6.45, 7) is 3.84. The number of carbonyl (C=O) groups excluding carboxylic acids is 1. The zero-order valence-electron chi connectivity index (χ0n) is 22.1. The summed E-state index contributed by atoms with van der Waals surface area (Å²) in [5, 5.41) is 9.77. The standard InChI is InChI=1S/C33H34N2O3/c1-25(2)29(32(37)38)24-34(3)31(36)30-22-14-7-15-23-35(30)33(26-16-8-4-9-17-26,27-18-10-5-11-19-27)28-20-12-6-13-21-28/h4-23,25,29H,24H2,1-3H3,(H,37,38). The van der Waals surface area contributed by atoms with E-state index in [2.05, 4.69) is 36.4 Å². The van der Waals surface area contributed by atoms with Crippen molar-refractivity contribution >= 4 is 11.9 Å². The Morgan fingerprint density at radius 3 is 1.68 bits per heavy atom. The average molecular weight is 507 g/mol. The first-order valence-corrected chi connectivity index (χ1v) is 12.9. The number of nitrogens with zero attached hydrogens (tertiary/aromatic N) is 2. The van der Waals surface area contributed by atoms with E-state index in [-0.39, 0.29) is 18.4 Å². The minimum Gasteiger partial charge on any atom is -0.481 e. The van der Waals surface area contributed by atoms with Crippen molar-refractivity contribution < 1.29 is 14.7 Å². The summed E-state index contributed by atoms with van der Waals surface area (Å²) >= 11 is 0. The van der Waals surface area contributed by atoms with Crippen molar-refractivity contribution in [2.24, 2.45) is 11.8 Å². The van der Waals surface area contributed by atoms with Crippen molar-refractivity contribution in [2.75, 3.05) is 13.6 Å². The normalized spacial score (nSPS) is 14.1. The summed E-state index contributed by atoms with van der Waals surface area (Å²) in [6, 6.07) is 30.5. The fourth-order valence-electron chi connectivity index (χ4n) is 5.08. The van der Waals surface area contributed by atoms with Crippen LogP contribution in [0.4, 0.5) is 0 Å². The van der Waals surface area contributed by atoms with Gasteiger partial charge in [0.05, 0.1) is 5.92 Å². The van der Waals surface area contributed by atoms with Gasteiger partial charge in [-0.25, -0.2) is 0 Å². The van der Waals surface area contributed by atoms with Crippen molar-refractivity contribution in [3.8, 4) is 0 Å². The van der Waals surface area contributed by atoms with E-state index in [4.69, 9.17) is 0 Å². The first-order valence-electron chi connectivity index (χ1n) is 12.9. The predicted octanol–water partition coefficient (Wildman–Crippen LogP) is 6.06. The molecule has 0 saturated heterocycles. The average Bonchev–Trinajstić information content (AvgIpc) is 3.19. The second-order valence-electron chi connectivity index (χ2n) is 9.83. The molecule has 1 amide bonds. The summed E-state index contributed by atoms with van der Waals surface area (Å²) in [4.78, 5) is 29.6. The molecule has 0 radical (unpaired) electrons. The molecule has 1 N–H and O–H groups in total. The van der Waals surface area contributed by atoms with E-state index in [1.54, 1.807) is 7.05 Å². The molecule has 194 valence electrons. The Morgan fingerprint density at radius 2 is 1.26 bits per heavy atom. The van der Waals surface area contributed by atoms with Crippen LogP contribution >= 0.6 is 0 Å². The molecule has 1 aliphatic rings. The van der Waals surface area contributed by atoms with Gasteiger partial charge in [0.15, 0.2) is 0 Å². The number of carboxylic acid groups (broad SMARTS) is 1. The Labute approximate surface area is 225 Å². The SMILES string of the molecule is CC(C)C(CN(C)C(=O)C1=CC=CC=CN1C(c1ccccc1)(c1ccccc1)c1ccccc1)C(=O)O. The molecule has 5 heteroatoms. The van der Waals surface area contributed by atoms with Gasteiger partial charge in [0, 0.05) is 19.8 Å². The van der Waals surface area contributed by atoms with Crippen LogP contribution in [0.15, 0.2) is 127 Å². The maximum absolute atomic E-state index is 14.1. The molecule has 0 aromatic heterocycles. The lowest BCUT2D eigenvalue weighted by Gasteiger charge is -2.46. The third-order valence-corrected chi connectivity index (χ3v) is 7.07. The fourth-order valence-corrected chi connectivity index (χ4v) is 5.08. The Hall–Kier alpha value is -4.38. The second kappa shape index (κ2) is 11.8. The molecule has 0 bridgehead atoms. The fraction of sp³-hybridized carbons (Fsp3) is 0.212.